The number of rotatable bonds is 5. The summed E-state index contributed by atoms with van der Waals surface area (Å²) in [5.74, 6) is 0.804. The van der Waals surface area contributed by atoms with E-state index in [2.05, 4.69) is 33.0 Å². The van der Waals surface area contributed by atoms with Crippen molar-refractivity contribution in [1.29, 1.82) is 0 Å². The molecule has 2 nitrogen and oxygen atoms in total. The van der Waals surface area contributed by atoms with Crippen molar-refractivity contribution in [2.75, 3.05) is 18.6 Å². The second-order valence-corrected chi connectivity index (χ2v) is 6.46. The molecule has 0 saturated carbocycles. The molecule has 0 saturated heterocycles. The highest BCUT2D eigenvalue weighted by Crippen LogP contribution is 2.11. The molecule has 0 amide bonds. The number of hydrogen-bond acceptors (Lipinski definition) is 2. The average molecular weight is 205 g/mol. The van der Waals surface area contributed by atoms with Gasteiger partial charge in [-0.25, -0.2) is 0 Å². The zero-order valence-electron chi connectivity index (χ0n) is 9.52. The maximum absolute atomic E-state index is 10.8. The molecular formula is C10H23NOS. The van der Waals surface area contributed by atoms with Crippen LogP contribution in [0.2, 0.25) is 0 Å². The predicted molar refractivity (Wildman–Crippen MR) is 60.5 cm³/mol. The van der Waals surface area contributed by atoms with Crippen molar-refractivity contribution in [1.82, 2.24) is 5.32 Å². The highest BCUT2D eigenvalue weighted by Gasteiger charge is 2.11. The standard InChI is InChI=1S/C10H23NOS/c1-9(6-7-13(5)12)11-8-10(2,3)4/h9,11H,6-8H2,1-5H3. The lowest BCUT2D eigenvalue weighted by Crippen LogP contribution is -2.34. The Hall–Kier alpha value is 0.110. The summed E-state index contributed by atoms with van der Waals surface area (Å²) in [7, 11) is -0.651. The Morgan fingerprint density at radius 2 is 1.92 bits per heavy atom. The van der Waals surface area contributed by atoms with Gasteiger partial charge in [0.2, 0.25) is 0 Å². The van der Waals surface area contributed by atoms with E-state index in [1.165, 1.54) is 0 Å². The summed E-state index contributed by atoms with van der Waals surface area (Å²) in [5, 5.41) is 3.44. The van der Waals surface area contributed by atoms with Gasteiger partial charge < -0.3 is 5.32 Å². The second-order valence-electron chi connectivity index (χ2n) is 4.91. The molecule has 3 heteroatoms. The SMILES string of the molecule is CC(CCS(C)=O)NCC(C)(C)C. The van der Waals surface area contributed by atoms with Crippen molar-refractivity contribution in [2.45, 2.75) is 40.2 Å². The van der Waals surface area contributed by atoms with Crippen molar-refractivity contribution in [3.05, 3.63) is 0 Å². The molecule has 0 aliphatic rings. The predicted octanol–water partition coefficient (Wildman–Crippen LogP) is 1.78. The third-order valence-electron chi connectivity index (χ3n) is 1.82. The first-order valence-electron chi connectivity index (χ1n) is 4.84. The smallest absolute Gasteiger partial charge is 0.0246 e. The molecule has 0 aromatic heterocycles. The maximum atomic E-state index is 10.8. The minimum absolute atomic E-state index is 0.333. The van der Waals surface area contributed by atoms with Crippen LogP contribution in [0.25, 0.3) is 0 Å². The van der Waals surface area contributed by atoms with Crippen LogP contribution in [0.3, 0.4) is 0 Å². The van der Waals surface area contributed by atoms with Gasteiger partial charge in [-0.15, -0.1) is 0 Å². The maximum Gasteiger partial charge on any atom is 0.0246 e. The van der Waals surface area contributed by atoms with E-state index in [0.29, 0.717) is 11.5 Å². The highest BCUT2D eigenvalue weighted by molar-refractivity contribution is 7.84. The molecule has 0 aromatic carbocycles. The summed E-state index contributed by atoms with van der Waals surface area (Å²) in [4.78, 5) is 0. The first kappa shape index (κ1) is 13.1. The van der Waals surface area contributed by atoms with E-state index in [1.54, 1.807) is 6.26 Å². The Morgan fingerprint density at radius 3 is 2.31 bits per heavy atom. The van der Waals surface area contributed by atoms with Crippen LogP contribution in [0.1, 0.15) is 34.1 Å². The number of hydrogen-bond donors (Lipinski definition) is 1. The summed E-state index contributed by atoms with van der Waals surface area (Å²) < 4.78 is 10.8. The molecule has 0 fully saturated rings. The van der Waals surface area contributed by atoms with E-state index >= 15 is 0 Å². The van der Waals surface area contributed by atoms with Crippen molar-refractivity contribution >= 4 is 10.8 Å². The van der Waals surface area contributed by atoms with Crippen LogP contribution in [0.5, 0.6) is 0 Å². The highest BCUT2D eigenvalue weighted by atomic mass is 32.2. The first-order valence-corrected chi connectivity index (χ1v) is 6.57. The molecule has 0 bridgehead atoms. The summed E-state index contributed by atoms with van der Waals surface area (Å²) in [5.41, 5.74) is 0.333. The summed E-state index contributed by atoms with van der Waals surface area (Å²) in [6, 6.07) is 0.475. The molecule has 1 N–H and O–H groups in total. The van der Waals surface area contributed by atoms with Gasteiger partial charge in [-0.1, -0.05) is 20.8 Å². The molecule has 0 radical (unpaired) electrons. The van der Waals surface area contributed by atoms with Crippen LogP contribution < -0.4 is 5.32 Å². The largest absolute Gasteiger partial charge is 0.314 e. The Kier molecular flexibility index (Phi) is 5.81. The van der Waals surface area contributed by atoms with Crippen molar-refractivity contribution in [3.63, 3.8) is 0 Å². The third-order valence-corrected chi connectivity index (χ3v) is 2.63. The van der Waals surface area contributed by atoms with Gasteiger partial charge in [-0.2, -0.15) is 0 Å². The summed E-state index contributed by atoms with van der Waals surface area (Å²) >= 11 is 0. The zero-order valence-corrected chi connectivity index (χ0v) is 10.3. The van der Waals surface area contributed by atoms with E-state index in [4.69, 9.17) is 0 Å². The van der Waals surface area contributed by atoms with Gasteiger partial charge in [-0.05, 0) is 18.8 Å². The molecule has 80 valence electrons. The normalized spacial score (nSPS) is 17.0. The van der Waals surface area contributed by atoms with Gasteiger partial charge in [-0.3, -0.25) is 4.21 Å². The lowest BCUT2D eigenvalue weighted by molar-refractivity contribution is 0.354. The lowest BCUT2D eigenvalue weighted by Gasteiger charge is -2.22. The van der Waals surface area contributed by atoms with E-state index in [-0.39, 0.29) is 0 Å². The van der Waals surface area contributed by atoms with Crippen LogP contribution >= 0.6 is 0 Å². The molecule has 2 unspecified atom stereocenters. The monoisotopic (exact) mass is 205 g/mol. The van der Waals surface area contributed by atoms with Crippen LogP contribution in [-0.4, -0.2) is 28.8 Å². The van der Waals surface area contributed by atoms with Gasteiger partial charge in [0.1, 0.15) is 0 Å². The van der Waals surface area contributed by atoms with Gasteiger partial charge >= 0.3 is 0 Å². The minimum atomic E-state index is -0.651. The van der Waals surface area contributed by atoms with Crippen molar-refractivity contribution in [3.8, 4) is 0 Å². The molecule has 0 aliphatic carbocycles. The molecule has 0 aromatic rings. The quantitative estimate of drug-likeness (QED) is 0.741. The average Bonchev–Trinajstić information content (AvgIpc) is 1.95. The Balaban J connectivity index is 3.52. The molecular weight excluding hydrogens is 182 g/mol. The second kappa shape index (κ2) is 5.76. The van der Waals surface area contributed by atoms with Crippen LogP contribution in [0.4, 0.5) is 0 Å². The molecule has 13 heavy (non-hydrogen) atoms. The Labute approximate surface area is 84.9 Å². The van der Waals surface area contributed by atoms with Crippen LogP contribution in [0, 0.1) is 5.41 Å². The fraction of sp³-hybridized carbons (Fsp3) is 1.00. The Bertz CT molecular complexity index is 163. The zero-order chi connectivity index (χ0) is 10.5. The van der Waals surface area contributed by atoms with Crippen LogP contribution in [0.15, 0.2) is 0 Å². The van der Waals surface area contributed by atoms with Gasteiger partial charge in [0.05, 0.1) is 0 Å². The molecule has 0 rings (SSSR count). The van der Waals surface area contributed by atoms with E-state index in [0.717, 1.165) is 18.7 Å². The molecule has 2 atom stereocenters. The fourth-order valence-corrected chi connectivity index (χ4v) is 1.61. The molecule has 0 aliphatic heterocycles. The van der Waals surface area contributed by atoms with Gasteiger partial charge in [0, 0.05) is 35.4 Å². The molecule has 0 heterocycles. The minimum Gasteiger partial charge on any atom is -0.314 e. The summed E-state index contributed by atoms with van der Waals surface area (Å²) in [6.07, 6.45) is 2.76. The Morgan fingerprint density at radius 1 is 1.38 bits per heavy atom. The topological polar surface area (TPSA) is 29.1 Å². The third kappa shape index (κ3) is 10.0. The van der Waals surface area contributed by atoms with Gasteiger partial charge in [0.25, 0.3) is 0 Å². The molecule has 0 spiro atoms. The van der Waals surface area contributed by atoms with Gasteiger partial charge in [0.15, 0.2) is 0 Å². The van der Waals surface area contributed by atoms with E-state index in [1.807, 2.05) is 0 Å². The van der Waals surface area contributed by atoms with E-state index in [9.17, 15) is 4.21 Å². The first-order chi connectivity index (χ1) is 5.81. The summed E-state index contributed by atoms with van der Waals surface area (Å²) in [6.45, 7) is 9.81. The lowest BCUT2D eigenvalue weighted by atomic mass is 9.96. The number of nitrogens with one attached hydrogen (secondary N) is 1. The van der Waals surface area contributed by atoms with Crippen molar-refractivity contribution < 1.29 is 4.21 Å². The van der Waals surface area contributed by atoms with E-state index < -0.39 is 10.8 Å². The van der Waals surface area contributed by atoms with Crippen LogP contribution in [-0.2, 0) is 10.8 Å². The fourth-order valence-electron chi connectivity index (χ4n) is 0.925. The van der Waals surface area contributed by atoms with Crippen molar-refractivity contribution in [2.24, 2.45) is 5.41 Å².